The number of hydrogen-bond donors (Lipinski definition) is 1. The van der Waals surface area contributed by atoms with E-state index in [1.165, 1.54) is 0 Å². The zero-order chi connectivity index (χ0) is 14.1. The van der Waals surface area contributed by atoms with Crippen molar-refractivity contribution < 1.29 is 4.79 Å². The molecule has 5 nitrogen and oxygen atoms in total. The Kier molecular flexibility index (Phi) is 7.27. The van der Waals surface area contributed by atoms with E-state index >= 15 is 0 Å². The Morgan fingerprint density at radius 3 is 2.47 bits per heavy atom. The molecule has 1 heterocycles. The van der Waals surface area contributed by atoms with Gasteiger partial charge in [0.15, 0.2) is 0 Å². The third-order valence-corrected chi connectivity index (χ3v) is 3.56. The van der Waals surface area contributed by atoms with Gasteiger partial charge in [-0.2, -0.15) is 5.26 Å². The topological polar surface area (TPSA) is 59.4 Å². The number of amides is 2. The van der Waals surface area contributed by atoms with Gasteiger partial charge in [-0.15, -0.1) is 0 Å². The lowest BCUT2D eigenvalue weighted by Crippen LogP contribution is -2.54. The third-order valence-electron chi connectivity index (χ3n) is 3.56. The van der Waals surface area contributed by atoms with E-state index in [0.717, 1.165) is 58.4 Å². The van der Waals surface area contributed by atoms with Crippen LogP contribution in [0, 0.1) is 11.3 Å². The molecule has 5 heteroatoms. The lowest BCUT2D eigenvalue weighted by atomic mass is 10.1. The number of nitriles is 1. The molecule has 0 aromatic rings. The van der Waals surface area contributed by atoms with Gasteiger partial charge in [0.05, 0.1) is 12.1 Å². The minimum absolute atomic E-state index is 0.00954. The van der Waals surface area contributed by atoms with Crippen molar-refractivity contribution in [3.05, 3.63) is 0 Å². The zero-order valence-electron chi connectivity index (χ0n) is 12.2. The van der Waals surface area contributed by atoms with E-state index in [-0.39, 0.29) is 12.1 Å². The average Bonchev–Trinajstić information content (AvgIpc) is 2.45. The number of carbonyl (C=O) groups is 1. The average molecular weight is 266 g/mol. The highest BCUT2D eigenvalue weighted by molar-refractivity contribution is 5.74. The highest BCUT2D eigenvalue weighted by atomic mass is 16.2. The van der Waals surface area contributed by atoms with Gasteiger partial charge in [0, 0.05) is 32.7 Å². The summed E-state index contributed by atoms with van der Waals surface area (Å²) in [5, 5.41) is 12.1. The summed E-state index contributed by atoms with van der Waals surface area (Å²) in [6.45, 7) is 8.02. The monoisotopic (exact) mass is 266 g/mol. The second kappa shape index (κ2) is 8.76. The van der Waals surface area contributed by atoms with Crippen LogP contribution in [-0.4, -0.2) is 54.6 Å². The van der Waals surface area contributed by atoms with Crippen molar-refractivity contribution in [2.75, 3.05) is 32.7 Å². The lowest BCUT2D eigenvalue weighted by Gasteiger charge is -2.36. The summed E-state index contributed by atoms with van der Waals surface area (Å²) in [6, 6.07) is 2.41. The van der Waals surface area contributed by atoms with Crippen molar-refractivity contribution in [2.45, 2.75) is 45.6 Å². The van der Waals surface area contributed by atoms with Crippen LogP contribution in [0.2, 0.25) is 0 Å². The molecule has 0 aromatic heterocycles. The first-order chi connectivity index (χ1) is 9.22. The van der Waals surface area contributed by atoms with Crippen LogP contribution < -0.4 is 5.32 Å². The second-order valence-corrected chi connectivity index (χ2v) is 5.04. The first-order valence-corrected chi connectivity index (χ1v) is 7.39. The molecule has 19 heavy (non-hydrogen) atoms. The summed E-state index contributed by atoms with van der Waals surface area (Å²) in [4.78, 5) is 15.9. The third kappa shape index (κ3) is 5.07. The maximum absolute atomic E-state index is 11.9. The summed E-state index contributed by atoms with van der Waals surface area (Å²) in [6.07, 6.45) is 4.06. The van der Waals surface area contributed by atoms with Crippen LogP contribution >= 0.6 is 0 Å². The molecule has 0 aromatic carbocycles. The first kappa shape index (κ1) is 15.8. The SMILES string of the molecule is CCCCNC(=O)N1CCN(C(C#N)CCC)CC1. The van der Waals surface area contributed by atoms with E-state index in [4.69, 9.17) is 5.26 Å². The zero-order valence-corrected chi connectivity index (χ0v) is 12.2. The first-order valence-electron chi connectivity index (χ1n) is 7.39. The Bertz CT molecular complexity index is 305. The van der Waals surface area contributed by atoms with Crippen LogP contribution in [0.5, 0.6) is 0 Å². The number of rotatable bonds is 6. The number of piperazine rings is 1. The van der Waals surface area contributed by atoms with E-state index in [0.29, 0.717) is 0 Å². The van der Waals surface area contributed by atoms with Crippen LogP contribution in [-0.2, 0) is 0 Å². The number of nitrogens with one attached hydrogen (secondary N) is 1. The summed E-state index contributed by atoms with van der Waals surface area (Å²) in [5.41, 5.74) is 0. The molecule has 108 valence electrons. The Balaban J connectivity index is 2.32. The molecule has 0 bridgehead atoms. The normalized spacial score (nSPS) is 17.8. The molecule has 1 aliphatic rings. The molecule has 1 unspecified atom stereocenters. The molecular weight excluding hydrogens is 240 g/mol. The van der Waals surface area contributed by atoms with Crippen LogP contribution in [0.3, 0.4) is 0 Å². The summed E-state index contributed by atoms with van der Waals surface area (Å²) in [7, 11) is 0. The highest BCUT2D eigenvalue weighted by Crippen LogP contribution is 2.10. The van der Waals surface area contributed by atoms with Gasteiger partial charge < -0.3 is 10.2 Å². The molecule has 0 aliphatic carbocycles. The van der Waals surface area contributed by atoms with Gasteiger partial charge in [0.2, 0.25) is 0 Å². The minimum Gasteiger partial charge on any atom is -0.338 e. The van der Waals surface area contributed by atoms with E-state index in [2.05, 4.69) is 30.1 Å². The molecule has 1 aliphatic heterocycles. The molecule has 0 saturated carbocycles. The van der Waals surface area contributed by atoms with Crippen LogP contribution in [0.15, 0.2) is 0 Å². The largest absolute Gasteiger partial charge is 0.338 e. The van der Waals surface area contributed by atoms with Gasteiger partial charge in [-0.05, 0) is 12.8 Å². The molecule has 1 fully saturated rings. The minimum atomic E-state index is 0.00954. The molecule has 1 rings (SSSR count). The van der Waals surface area contributed by atoms with E-state index in [1.54, 1.807) is 0 Å². The summed E-state index contributed by atoms with van der Waals surface area (Å²) >= 11 is 0. The Morgan fingerprint density at radius 1 is 1.26 bits per heavy atom. The number of nitrogens with zero attached hydrogens (tertiary/aromatic N) is 3. The second-order valence-electron chi connectivity index (χ2n) is 5.04. The Hall–Kier alpha value is -1.28. The molecule has 0 radical (unpaired) electrons. The quantitative estimate of drug-likeness (QED) is 0.746. The molecule has 0 spiro atoms. The fourth-order valence-corrected chi connectivity index (χ4v) is 2.32. The van der Waals surface area contributed by atoms with Crippen molar-refractivity contribution in [1.82, 2.24) is 15.1 Å². The van der Waals surface area contributed by atoms with Gasteiger partial charge in [-0.1, -0.05) is 26.7 Å². The number of hydrogen-bond acceptors (Lipinski definition) is 3. The smallest absolute Gasteiger partial charge is 0.317 e. The van der Waals surface area contributed by atoms with Gasteiger partial charge in [0.1, 0.15) is 0 Å². The standard InChI is InChI=1S/C14H26N4O/c1-3-5-7-16-14(19)18-10-8-17(9-11-18)13(12-15)6-4-2/h13H,3-11H2,1-2H3,(H,16,19). The van der Waals surface area contributed by atoms with Crippen molar-refractivity contribution in [3.8, 4) is 6.07 Å². The van der Waals surface area contributed by atoms with Crippen LogP contribution in [0.1, 0.15) is 39.5 Å². The fourth-order valence-electron chi connectivity index (χ4n) is 2.32. The maximum Gasteiger partial charge on any atom is 0.317 e. The summed E-state index contributed by atoms with van der Waals surface area (Å²) in [5.74, 6) is 0. The van der Waals surface area contributed by atoms with Gasteiger partial charge in [-0.25, -0.2) is 4.79 Å². The van der Waals surface area contributed by atoms with Crippen molar-refractivity contribution in [3.63, 3.8) is 0 Å². The van der Waals surface area contributed by atoms with E-state index in [9.17, 15) is 4.79 Å². The maximum atomic E-state index is 11.9. The lowest BCUT2D eigenvalue weighted by molar-refractivity contribution is 0.121. The van der Waals surface area contributed by atoms with Crippen molar-refractivity contribution in [1.29, 1.82) is 5.26 Å². The fraction of sp³-hybridized carbons (Fsp3) is 0.857. The Labute approximate surface area is 116 Å². The summed E-state index contributed by atoms with van der Waals surface area (Å²) < 4.78 is 0. The van der Waals surface area contributed by atoms with Crippen molar-refractivity contribution in [2.24, 2.45) is 0 Å². The number of urea groups is 1. The van der Waals surface area contributed by atoms with Crippen LogP contribution in [0.4, 0.5) is 4.79 Å². The van der Waals surface area contributed by atoms with E-state index < -0.39 is 0 Å². The van der Waals surface area contributed by atoms with E-state index in [1.807, 2.05) is 4.90 Å². The van der Waals surface area contributed by atoms with Gasteiger partial charge in [-0.3, -0.25) is 4.90 Å². The van der Waals surface area contributed by atoms with Crippen molar-refractivity contribution >= 4 is 6.03 Å². The predicted molar refractivity (Wildman–Crippen MR) is 75.8 cm³/mol. The highest BCUT2D eigenvalue weighted by Gasteiger charge is 2.25. The Morgan fingerprint density at radius 2 is 1.95 bits per heavy atom. The molecule has 2 amide bonds. The molecule has 1 N–H and O–H groups in total. The number of carbonyl (C=O) groups excluding carboxylic acids is 1. The molecular formula is C14H26N4O. The molecule has 1 atom stereocenters. The predicted octanol–water partition coefficient (Wildman–Crippen LogP) is 1.81. The van der Waals surface area contributed by atoms with Crippen LogP contribution in [0.25, 0.3) is 0 Å². The number of unbranched alkanes of at least 4 members (excludes halogenated alkanes) is 1. The molecule has 1 saturated heterocycles. The van der Waals surface area contributed by atoms with Gasteiger partial charge >= 0.3 is 6.03 Å². The van der Waals surface area contributed by atoms with Gasteiger partial charge in [0.25, 0.3) is 0 Å².